The Labute approximate surface area is 74.2 Å². The minimum absolute atomic E-state index is 0.0961. The second-order valence-corrected chi connectivity index (χ2v) is 4.53. The van der Waals surface area contributed by atoms with Crippen LogP contribution >= 0.6 is 0 Å². The molecule has 4 nitrogen and oxygen atoms in total. The quantitative estimate of drug-likeness (QED) is 0.626. The third-order valence-corrected chi connectivity index (χ3v) is 1.99. The first-order valence-electron chi connectivity index (χ1n) is 4.05. The molecular formula is C7H17NO3S. The van der Waals surface area contributed by atoms with Gasteiger partial charge in [0, 0.05) is 6.04 Å². The molecule has 0 unspecified atom stereocenters. The molecule has 2 N–H and O–H groups in total. The van der Waals surface area contributed by atoms with E-state index in [9.17, 15) is 8.42 Å². The lowest BCUT2D eigenvalue weighted by Crippen LogP contribution is -2.27. The van der Waals surface area contributed by atoms with Crippen LogP contribution in [0, 0.1) is 0 Å². The molecule has 1 atom stereocenters. The topological polar surface area (TPSA) is 69.4 Å². The molecule has 0 aliphatic heterocycles. The zero-order valence-corrected chi connectivity index (χ0v) is 8.43. The van der Waals surface area contributed by atoms with Gasteiger partial charge in [-0.15, -0.1) is 0 Å². The normalized spacial score (nSPS) is 14.6. The first-order chi connectivity index (χ1) is 5.45. The van der Waals surface area contributed by atoms with Gasteiger partial charge in [0.25, 0.3) is 10.1 Å². The maximum atomic E-state index is 10.5. The summed E-state index contributed by atoms with van der Waals surface area (Å²) in [5.74, 6) is 0. The van der Waals surface area contributed by atoms with Crippen molar-refractivity contribution in [2.24, 2.45) is 5.73 Å². The summed E-state index contributed by atoms with van der Waals surface area (Å²) in [6, 6.07) is -0.167. The second kappa shape index (κ2) is 5.50. The van der Waals surface area contributed by atoms with Crippen LogP contribution in [0.5, 0.6) is 0 Å². The fraction of sp³-hybridized carbons (Fsp3) is 1.00. The SMILES string of the molecule is CCCC[C@@H](N)COS(C)(=O)=O. The van der Waals surface area contributed by atoms with E-state index >= 15 is 0 Å². The summed E-state index contributed by atoms with van der Waals surface area (Å²) in [6.45, 7) is 2.16. The highest BCUT2D eigenvalue weighted by Crippen LogP contribution is 1.99. The zero-order valence-electron chi connectivity index (χ0n) is 7.62. The van der Waals surface area contributed by atoms with Gasteiger partial charge in [-0.3, -0.25) is 4.18 Å². The summed E-state index contributed by atoms with van der Waals surface area (Å²) < 4.78 is 25.6. The standard InChI is InChI=1S/C7H17NO3S/c1-3-4-5-7(8)6-11-12(2,9)10/h7H,3-6,8H2,1-2H3/t7-/m1/s1. The Balaban J connectivity index is 3.51. The average molecular weight is 195 g/mol. The van der Waals surface area contributed by atoms with Crippen LogP contribution in [-0.4, -0.2) is 27.3 Å². The molecule has 74 valence electrons. The molecule has 0 radical (unpaired) electrons. The number of nitrogens with two attached hydrogens (primary N) is 1. The molecule has 0 aromatic heterocycles. The van der Waals surface area contributed by atoms with Gasteiger partial charge in [0.15, 0.2) is 0 Å². The van der Waals surface area contributed by atoms with Gasteiger partial charge in [-0.05, 0) is 6.42 Å². The summed E-state index contributed by atoms with van der Waals surface area (Å²) >= 11 is 0. The summed E-state index contributed by atoms with van der Waals surface area (Å²) in [6.07, 6.45) is 3.91. The Hall–Kier alpha value is -0.130. The molecule has 0 amide bonds. The van der Waals surface area contributed by atoms with E-state index in [1.54, 1.807) is 0 Å². The molecule has 0 heterocycles. The lowest BCUT2D eigenvalue weighted by Gasteiger charge is -2.09. The molecule has 0 saturated heterocycles. The number of rotatable bonds is 6. The molecule has 0 spiro atoms. The first-order valence-corrected chi connectivity index (χ1v) is 5.87. The summed E-state index contributed by atoms with van der Waals surface area (Å²) in [7, 11) is -3.32. The Bertz CT molecular complexity index is 201. The van der Waals surface area contributed by atoms with Crippen LogP contribution in [-0.2, 0) is 14.3 Å². The fourth-order valence-corrected chi connectivity index (χ4v) is 1.18. The van der Waals surface area contributed by atoms with Gasteiger partial charge in [0.1, 0.15) is 0 Å². The van der Waals surface area contributed by atoms with Crippen molar-refractivity contribution in [2.45, 2.75) is 32.2 Å². The van der Waals surface area contributed by atoms with Crippen LogP contribution < -0.4 is 5.73 Å². The highest BCUT2D eigenvalue weighted by molar-refractivity contribution is 7.85. The highest BCUT2D eigenvalue weighted by atomic mass is 32.2. The lowest BCUT2D eigenvalue weighted by molar-refractivity contribution is 0.286. The van der Waals surface area contributed by atoms with E-state index in [1.807, 2.05) is 0 Å². The van der Waals surface area contributed by atoms with Crippen molar-refractivity contribution in [3.63, 3.8) is 0 Å². The van der Waals surface area contributed by atoms with Gasteiger partial charge < -0.3 is 5.73 Å². The minimum atomic E-state index is -3.32. The fourth-order valence-electron chi connectivity index (χ4n) is 0.761. The Kier molecular flexibility index (Phi) is 5.44. The smallest absolute Gasteiger partial charge is 0.264 e. The van der Waals surface area contributed by atoms with Gasteiger partial charge in [0.05, 0.1) is 12.9 Å². The third kappa shape index (κ3) is 7.97. The predicted molar refractivity (Wildman–Crippen MR) is 48.3 cm³/mol. The van der Waals surface area contributed by atoms with Crippen molar-refractivity contribution in [1.82, 2.24) is 0 Å². The number of hydrogen-bond donors (Lipinski definition) is 1. The van der Waals surface area contributed by atoms with Gasteiger partial charge in [-0.25, -0.2) is 0 Å². The van der Waals surface area contributed by atoms with Gasteiger partial charge in [-0.2, -0.15) is 8.42 Å². The van der Waals surface area contributed by atoms with Crippen molar-refractivity contribution >= 4 is 10.1 Å². The van der Waals surface area contributed by atoms with E-state index in [0.29, 0.717) is 0 Å². The molecule has 0 bridgehead atoms. The van der Waals surface area contributed by atoms with Crippen LogP contribution in [0.1, 0.15) is 26.2 Å². The van der Waals surface area contributed by atoms with Crippen LogP contribution in [0.2, 0.25) is 0 Å². The van der Waals surface area contributed by atoms with E-state index in [2.05, 4.69) is 11.1 Å². The van der Waals surface area contributed by atoms with Gasteiger partial charge in [0.2, 0.25) is 0 Å². The van der Waals surface area contributed by atoms with Crippen molar-refractivity contribution in [1.29, 1.82) is 0 Å². The van der Waals surface area contributed by atoms with E-state index in [0.717, 1.165) is 25.5 Å². The van der Waals surface area contributed by atoms with Crippen LogP contribution in [0.15, 0.2) is 0 Å². The molecule has 0 saturated carbocycles. The molecular weight excluding hydrogens is 178 g/mol. The minimum Gasteiger partial charge on any atom is -0.326 e. The molecule has 0 aliphatic rings. The Morgan fingerprint density at radius 2 is 2.08 bits per heavy atom. The molecule has 0 rings (SSSR count). The average Bonchev–Trinajstić information content (AvgIpc) is 1.95. The summed E-state index contributed by atoms with van der Waals surface area (Å²) in [5, 5.41) is 0. The third-order valence-electron chi connectivity index (χ3n) is 1.42. The second-order valence-electron chi connectivity index (χ2n) is 2.89. The molecule has 0 fully saturated rings. The molecule has 0 aliphatic carbocycles. The van der Waals surface area contributed by atoms with E-state index in [-0.39, 0.29) is 12.6 Å². The summed E-state index contributed by atoms with van der Waals surface area (Å²) in [5.41, 5.74) is 5.58. The largest absolute Gasteiger partial charge is 0.326 e. The van der Waals surface area contributed by atoms with Crippen molar-refractivity contribution in [2.75, 3.05) is 12.9 Å². The van der Waals surface area contributed by atoms with Gasteiger partial charge in [-0.1, -0.05) is 19.8 Å². The van der Waals surface area contributed by atoms with Crippen molar-refractivity contribution in [3.05, 3.63) is 0 Å². The predicted octanol–water partition coefficient (Wildman–Crippen LogP) is 0.480. The molecule has 5 heteroatoms. The highest BCUT2D eigenvalue weighted by Gasteiger charge is 2.06. The van der Waals surface area contributed by atoms with Crippen molar-refractivity contribution in [3.8, 4) is 0 Å². The Morgan fingerprint density at radius 3 is 2.50 bits per heavy atom. The monoisotopic (exact) mass is 195 g/mol. The van der Waals surface area contributed by atoms with E-state index in [4.69, 9.17) is 5.73 Å². The van der Waals surface area contributed by atoms with Crippen LogP contribution in [0.3, 0.4) is 0 Å². The number of unbranched alkanes of at least 4 members (excludes halogenated alkanes) is 1. The summed E-state index contributed by atoms with van der Waals surface area (Å²) in [4.78, 5) is 0. The lowest BCUT2D eigenvalue weighted by atomic mass is 10.1. The van der Waals surface area contributed by atoms with Gasteiger partial charge >= 0.3 is 0 Å². The molecule has 12 heavy (non-hydrogen) atoms. The van der Waals surface area contributed by atoms with Crippen LogP contribution in [0.4, 0.5) is 0 Å². The Morgan fingerprint density at radius 1 is 1.50 bits per heavy atom. The molecule has 0 aromatic carbocycles. The van der Waals surface area contributed by atoms with Crippen LogP contribution in [0.25, 0.3) is 0 Å². The van der Waals surface area contributed by atoms with E-state index in [1.165, 1.54) is 0 Å². The van der Waals surface area contributed by atoms with Crippen molar-refractivity contribution < 1.29 is 12.6 Å². The molecule has 0 aromatic rings. The number of hydrogen-bond acceptors (Lipinski definition) is 4. The maximum absolute atomic E-state index is 10.5. The maximum Gasteiger partial charge on any atom is 0.264 e. The van der Waals surface area contributed by atoms with E-state index < -0.39 is 10.1 Å². The zero-order chi connectivity index (χ0) is 9.61. The first kappa shape index (κ1) is 11.9.